The topological polar surface area (TPSA) is 52.9 Å². The number of anilines is 1. The third-order valence-electron chi connectivity index (χ3n) is 5.59. The van der Waals surface area contributed by atoms with Crippen molar-refractivity contribution in [1.82, 2.24) is 0 Å². The first kappa shape index (κ1) is 21.2. The fourth-order valence-electron chi connectivity index (χ4n) is 3.96. The van der Waals surface area contributed by atoms with Crippen LogP contribution < -0.4 is 4.90 Å². The summed E-state index contributed by atoms with van der Waals surface area (Å²) in [5.74, 6) is 0.0276. The highest BCUT2D eigenvalue weighted by Gasteiger charge is 2.27. The fraction of sp³-hybridized carbons (Fsp3) is 0. The quantitative estimate of drug-likeness (QED) is 0.241. The second-order valence-corrected chi connectivity index (χ2v) is 7.79. The molecule has 1 amide bonds. The number of carbonyl (C=O) groups is 1. The van der Waals surface area contributed by atoms with Crippen LogP contribution in [0.15, 0.2) is 132 Å². The molecule has 0 fully saturated rings. The normalized spacial score (nSPS) is 11.4. The third kappa shape index (κ3) is 4.17. The number of aliphatic imine (C=N–C) groups is 1. The zero-order valence-corrected chi connectivity index (χ0v) is 18.4. The number of carbonyl (C=O) groups excluding carboxylic acids is 1. The lowest BCUT2D eigenvalue weighted by Crippen LogP contribution is -2.38. The van der Waals surface area contributed by atoms with E-state index in [4.69, 9.17) is 4.99 Å². The summed E-state index contributed by atoms with van der Waals surface area (Å²) < 4.78 is 0. The molecule has 0 saturated carbocycles. The molecule has 34 heavy (non-hydrogen) atoms. The maximum atomic E-state index is 14.0. The van der Waals surface area contributed by atoms with Gasteiger partial charge in [0.15, 0.2) is 0 Å². The molecule has 5 rings (SSSR count). The molecule has 0 heterocycles. The molecule has 4 heteroatoms. The molecule has 0 bridgehead atoms. The molecule has 0 atom stereocenters. The number of phenolic OH excluding ortho intramolecular Hbond substituents is 1. The highest BCUT2D eigenvalue weighted by Crippen LogP contribution is 2.29. The van der Waals surface area contributed by atoms with E-state index >= 15 is 0 Å². The standard InChI is InChI=1S/C30H22N2O2/c33-28-21-10-9-19-27(28)30(34)32(24-16-5-2-6-17-24)29(31-23-14-3-1-4-15-23)26-20-11-13-22-12-7-8-18-25(22)26/h1-21,33H. The van der Waals surface area contributed by atoms with Gasteiger partial charge in [-0.3, -0.25) is 9.69 Å². The molecule has 1 N–H and O–H groups in total. The van der Waals surface area contributed by atoms with Crippen LogP contribution in [-0.4, -0.2) is 16.8 Å². The van der Waals surface area contributed by atoms with Gasteiger partial charge in [0.05, 0.1) is 16.9 Å². The Balaban J connectivity index is 1.80. The van der Waals surface area contributed by atoms with E-state index in [2.05, 4.69) is 0 Å². The maximum Gasteiger partial charge on any atom is 0.267 e. The van der Waals surface area contributed by atoms with Crippen molar-refractivity contribution in [2.24, 2.45) is 4.99 Å². The summed E-state index contributed by atoms with van der Waals surface area (Å²) in [6, 6.07) is 39.5. The number of aromatic hydroxyl groups is 1. The average Bonchev–Trinajstić information content (AvgIpc) is 2.89. The molecule has 0 aliphatic rings. The monoisotopic (exact) mass is 442 g/mol. The third-order valence-corrected chi connectivity index (χ3v) is 5.59. The molecule has 0 spiro atoms. The van der Waals surface area contributed by atoms with Gasteiger partial charge in [-0.15, -0.1) is 0 Å². The second-order valence-electron chi connectivity index (χ2n) is 7.79. The summed E-state index contributed by atoms with van der Waals surface area (Å²) in [7, 11) is 0. The van der Waals surface area contributed by atoms with Crippen LogP contribution in [0.1, 0.15) is 15.9 Å². The number of benzene rings is 5. The minimum absolute atomic E-state index is 0.0783. The van der Waals surface area contributed by atoms with Gasteiger partial charge in [-0.25, -0.2) is 4.99 Å². The summed E-state index contributed by atoms with van der Waals surface area (Å²) in [6.07, 6.45) is 0. The first-order valence-electron chi connectivity index (χ1n) is 11.0. The minimum atomic E-state index is -0.369. The molecule has 164 valence electrons. The molecule has 0 aliphatic heterocycles. The van der Waals surface area contributed by atoms with Gasteiger partial charge in [-0.1, -0.05) is 91.0 Å². The maximum absolute atomic E-state index is 14.0. The van der Waals surface area contributed by atoms with Crippen molar-refractivity contribution in [3.05, 3.63) is 139 Å². The minimum Gasteiger partial charge on any atom is -0.507 e. The Morgan fingerprint density at radius 1 is 0.618 bits per heavy atom. The predicted octanol–water partition coefficient (Wildman–Crippen LogP) is 6.97. The number of amides is 1. The molecule has 4 nitrogen and oxygen atoms in total. The van der Waals surface area contributed by atoms with Gasteiger partial charge in [0.25, 0.3) is 5.91 Å². The summed E-state index contributed by atoms with van der Waals surface area (Å²) in [5, 5.41) is 12.5. The summed E-state index contributed by atoms with van der Waals surface area (Å²) in [5.41, 5.74) is 2.39. The molecule has 0 saturated heterocycles. The van der Waals surface area contributed by atoms with Gasteiger partial charge in [0.2, 0.25) is 0 Å². The van der Waals surface area contributed by atoms with Crippen molar-refractivity contribution in [3.63, 3.8) is 0 Å². The van der Waals surface area contributed by atoms with E-state index in [1.807, 2.05) is 103 Å². The van der Waals surface area contributed by atoms with Crippen LogP contribution >= 0.6 is 0 Å². The Bertz CT molecular complexity index is 1470. The lowest BCUT2D eigenvalue weighted by Gasteiger charge is -2.26. The SMILES string of the molecule is O=C(c1ccccc1O)N(C(=Nc1ccccc1)c1cccc2ccccc12)c1ccccc1. The first-order valence-corrected chi connectivity index (χ1v) is 11.0. The number of rotatable bonds is 4. The fourth-order valence-corrected chi connectivity index (χ4v) is 3.96. The number of hydrogen-bond acceptors (Lipinski definition) is 3. The van der Waals surface area contributed by atoms with Gasteiger partial charge in [-0.05, 0) is 47.2 Å². The van der Waals surface area contributed by atoms with Crippen LogP contribution in [0.2, 0.25) is 0 Å². The Kier molecular flexibility index (Phi) is 5.87. The Morgan fingerprint density at radius 3 is 1.97 bits per heavy atom. The number of hydrogen-bond donors (Lipinski definition) is 1. The van der Waals surface area contributed by atoms with Gasteiger partial charge in [-0.2, -0.15) is 0 Å². The lowest BCUT2D eigenvalue weighted by atomic mass is 10.0. The van der Waals surface area contributed by atoms with Crippen LogP contribution in [0, 0.1) is 0 Å². The van der Waals surface area contributed by atoms with Crippen LogP contribution in [0.4, 0.5) is 11.4 Å². The second kappa shape index (κ2) is 9.43. The molecular weight excluding hydrogens is 420 g/mol. The van der Waals surface area contributed by atoms with Gasteiger partial charge < -0.3 is 5.11 Å². The van der Waals surface area contributed by atoms with Crippen molar-refractivity contribution in [1.29, 1.82) is 0 Å². The Hall–Kier alpha value is -4.70. The van der Waals surface area contributed by atoms with Crippen molar-refractivity contribution in [3.8, 4) is 5.75 Å². The van der Waals surface area contributed by atoms with Crippen molar-refractivity contribution in [2.45, 2.75) is 0 Å². The molecule has 0 unspecified atom stereocenters. The van der Waals surface area contributed by atoms with Crippen LogP contribution in [-0.2, 0) is 0 Å². The predicted molar refractivity (Wildman–Crippen MR) is 138 cm³/mol. The Morgan fingerprint density at radius 2 is 1.21 bits per heavy atom. The van der Waals surface area contributed by atoms with Crippen LogP contribution in [0.25, 0.3) is 10.8 Å². The van der Waals surface area contributed by atoms with Gasteiger partial charge >= 0.3 is 0 Å². The van der Waals surface area contributed by atoms with E-state index in [1.54, 1.807) is 23.1 Å². The van der Waals surface area contributed by atoms with Crippen molar-refractivity contribution >= 4 is 33.9 Å². The number of fused-ring (bicyclic) bond motifs is 1. The van der Waals surface area contributed by atoms with Crippen LogP contribution in [0.5, 0.6) is 5.75 Å². The highest BCUT2D eigenvalue weighted by atomic mass is 16.3. The molecule has 0 radical (unpaired) electrons. The van der Waals surface area contributed by atoms with Gasteiger partial charge in [0.1, 0.15) is 11.6 Å². The number of para-hydroxylation sites is 3. The smallest absolute Gasteiger partial charge is 0.267 e. The Labute approximate surface area is 198 Å². The van der Waals surface area contributed by atoms with Crippen molar-refractivity contribution < 1.29 is 9.90 Å². The largest absolute Gasteiger partial charge is 0.507 e. The molecule has 5 aromatic rings. The molecule has 0 aliphatic carbocycles. The van der Waals surface area contributed by atoms with E-state index in [0.717, 1.165) is 22.0 Å². The zero-order valence-electron chi connectivity index (χ0n) is 18.4. The first-order chi connectivity index (χ1) is 16.7. The van der Waals surface area contributed by atoms with E-state index in [-0.39, 0.29) is 17.2 Å². The summed E-state index contributed by atoms with van der Waals surface area (Å²) in [4.78, 5) is 20.5. The average molecular weight is 443 g/mol. The zero-order chi connectivity index (χ0) is 23.3. The number of phenols is 1. The van der Waals surface area contributed by atoms with E-state index in [9.17, 15) is 9.90 Å². The summed E-state index contributed by atoms with van der Waals surface area (Å²) in [6.45, 7) is 0. The lowest BCUT2D eigenvalue weighted by molar-refractivity contribution is 0.1000. The van der Waals surface area contributed by atoms with E-state index < -0.39 is 0 Å². The van der Waals surface area contributed by atoms with Crippen LogP contribution in [0.3, 0.4) is 0 Å². The van der Waals surface area contributed by atoms with Crippen molar-refractivity contribution in [2.75, 3.05) is 4.90 Å². The van der Waals surface area contributed by atoms with E-state index in [0.29, 0.717) is 11.5 Å². The highest BCUT2D eigenvalue weighted by molar-refractivity contribution is 6.31. The van der Waals surface area contributed by atoms with E-state index in [1.165, 1.54) is 6.07 Å². The number of amidine groups is 1. The van der Waals surface area contributed by atoms with Gasteiger partial charge in [0, 0.05) is 5.56 Å². The number of nitrogens with zero attached hydrogens (tertiary/aromatic N) is 2. The molecule has 0 aromatic heterocycles. The molecule has 5 aromatic carbocycles. The summed E-state index contributed by atoms with van der Waals surface area (Å²) >= 11 is 0. The molecular formula is C30H22N2O2.